The van der Waals surface area contributed by atoms with E-state index in [0.29, 0.717) is 12.1 Å². The third-order valence-electron chi connectivity index (χ3n) is 1.89. The fourth-order valence-electron chi connectivity index (χ4n) is 1.13. The Balaban J connectivity index is 1.94. The molecule has 2 aromatic rings. The molecule has 0 atom stereocenters. The number of hydrogen-bond donors (Lipinski definition) is 1. The van der Waals surface area contributed by atoms with Gasteiger partial charge in [-0.1, -0.05) is 0 Å². The zero-order valence-corrected chi connectivity index (χ0v) is 11.2. The molecule has 0 unspecified atom stereocenters. The van der Waals surface area contributed by atoms with Crippen LogP contribution in [-0.2, 0) is 6.54 Å². The Morgan fingerprint density at radius 1 is 1.56 bits per heavy atom. The second kappa shape index (κ2) is 5.35. The van der Waals surface area contributed by atoms with Crippen LogP contribution in [0, 0.1) is 2.88 Å². The van der Waals surface area contributed by atoms with E-state index < -0.39 is 0 Å². The molecule has 2 heterocycles. The van der Waals surface area contributed by atoms with E-state index in [0.717, 1.165) is 8.58 Å². The normalized spacial score (nSPS) is 10.1. The van der Waals surface area contributed by atoms with Crippen LogP contribution in [0.15, 0.2) is 29.8 Å². The molecular weight excluding hydrogens is 337 g/mol. The van der Waals surface area contributed by atoms with E-state index in [1.54, 1.807) is 23.6 Å². The van der Waals surface area contributed by atoms with E-state index in [-0.39, 0.29) is 5.91 Å². The lowest BCUT2D eigenvalue weighted by atomic mass is 10.3. The van der Waals surface area contributed by atoms with Gasteiger partial charge in [0.05, 0.1) is 20.7 Å². The van der Waals surface area contributed by atoms with E-state index in [4.69, 9.17) is 0 Å². The maximum absolute atomic E-state index is 11.7. The number of thiophene rings is 1. The summed E-state index contributed by atoms with van der Waals surface area (Å²) in [5.74, 6) is -0.0789. The molecule has 0 saturated carbocycles. The lowest BCUT2D eigenvalue weighted by Gasteiger charge is -2.01. The SMILES string of the molecule is O=C(NCc1cccnn1)c1csc(I)c1. The molecule has 0 aliphatic carbocycles. The van der Waals surface area contributed by atoms with Crippen LogP contribution in [0.25, 0.3) is 0 Å². The van der Waals surface area contributed by atoms with Gasteiger partial charge in [0.2, 0.25) is 0 Å². The number of nitrogens with one attached hydrogen (secondary N) is 1. The lowest BCUT2D eigenvalue weighted by molar-refractivity contribution is 0.0951. The van der Waals surface area contributed by atoms with Crippen molar-refractivity contribution >= 4 is 39.8 Å². The second-order valence-electron chi connectivity index (χ2n) is 3.04. The first-order valence-electron chi connectivity index (χ1n) is 4.54. The Morgan fingerprint density at radius 3 is 3.06 bits per heavy atom. The summed E-state index contributed by atoms with van der Waals surface area (Å²) < 4.78 is 1.10. The molecule has 0 bridgehead atoms. The summed E-state index contributed by atoms with van der Waals surface area (Å²) in [7, 11) is 0. The maximum Gasteiger partial charge on any atom is 0.252 e. The molecule has 4 nitrogen and oxygen atoms in total. The van der Waals surface area contributed by atoms with Crippen LogP contribution in [0.5, 0.6) is 0 Å². The van der Waals surface area contributed by atoms with Gasteiger partial charge in [-0.3, -0.25) is 4.79 Å². The quantitative estimate of drug-likeness (QED) is 0.867. The fraction of sp³-hybridized carbons (Fsp3) is 0.100. The molecule has 0 aliphatic heterocycles. The molecule has 1 N–H and O–H groups in total. The molecule has 0 aromatic carbocycles. The topological polar surface area (TPSA) is 54.9 Å². The van der Waals surface area contributed by atoms with Crippen LogP contribution in [0.4, 0.5) is 0 Å². The van der Waals surface area contributed by atoms with E-state index in [1.165, 1.54) is 0 Å². The van der Waals surface area contributed by atoms with Gasteiger partial charge < -0.3 is 5.32 Å². The third-order valence-corrected chi connectivity index (χ3v) is 3.68. The van der Waals surface area contributed by atoms with Crippen molar-refractivity contribution in [3.63, 3.8) is 0 Å². The van der Waals surface area contributed by atoms with Crippen LogP contribution in [0.2, 0.25) is 0 Å². The molecule has 82 valence electrons. The monoisotopic (exact) mass is 345 g/mol. The molecule has 0 aliphatic rings. The van der Waals surface area contributed by atoms with E-state index in [9.17, 15) is 4.79 Å². The van der Waals surface area contributed by atoms with Crippen molar-refractivity contribution in [3.8, 4) is 0 Å². The van der Waals surface area contributed by atoms with Crippen LogP contribution in [-0.4, -0.2) is 16.1 Å². The van der Waals surface area contributed by atoms with Crippen molar-refractivity contribution < 1.29 is 4.79 Å². The average Bonchev–Trinajstić information content (AvgIpc) is 2.74. The summed E-state index contributed by atoms with van der Waals surface area (Å²) in [4.78, 5) is 11.7. The minimum Gasteiger partial charge on any atom is -0.346 e. The van der Waals surface area contributed by atoms with Gasteiger partial charge in [0, 0.05) is 11.6 Å². The lowest BCUT2D eigenvalue weighted by Crippen LogP contribution is -2.22. The van der Waals surface area contributed by atoms with Crippen LogP contribution in [0.3, 0.4) is 0 Å². The number of amides is 1. The van der Waals surface area contributed by atoms with E-state index >= 15 is 0 Å². The highest BCUT2D eigenvalue weighted by molar-refractivity contribution is 14.1. The van der Waals surface area contributed by atoms with Crippen molar-refractivity contribution in [2.45, 2.75) is 6.54 Å². The summed E-state index contributed by atoms with van der Waals surface area (Å²) >= 11 is 3.74. The standard InChI is InChI=1S/C10H8IN3OS/c11-9-4-7(6-16-9)10(15)12-5-8-2-1-3-13-14-8/h1-4,6H,5H2,(H,12,15). The Bertz CT molecular complexity index is 486. The highest BCUT2D eigenvalue weighted by Gasteiger charge is 2.07. The smallest absolute Gasteiger partial charge is 0.252 e. The van der Waals surface area contributed by atoms with E-state index in [1.807, 2.05) is 17.5 Å². The van der Waals surface area contributed by atoms with Gasteiger partial charge in [-0.15, -0.1) is 11.3 Å². The molecule has 0 radical (unpaired) electrons. The fourth-order valence-corrected chi connectivity index (χ4v) is 2.46. The molecule has 16 heavy (non-hydrogen) atoms. The highest BCUT2D eigenvalue weighted by Crippen LogP contribution is 2.16. The van der Waals surface area contributed by atoms with Crippen LogP contribution >= 0.6 is 33.9 Å². The summed E-state index contributed by atoms with van der Waals surface area (Å²) in [5, 5.41) is 12.3. The molecule has 0 saturated heterocycles. The van der Waals surface area contributed by atoms with Crippen molar-refractivity contribution in [2.75, 3.05) is 0 Å². The van der Waals surface area contributed by atoms with Crippen molar-refractivity contribution in [1.29, 1.82) is 0 Å². The Kier molecular flexibility index (Phi) is 3.83. The minimum absolute atomic E-state index is 0.0789. The van der Waals surface area contributed by atoms with E-state index in [2.05, 4.69) is 38.1 Å². The number of rotatable bonds is 3. The number of halogens is 1. The number of aromatic nitrogens is 2. The predicted octanol–water partition coefficient (Wildman–Crippen LogP) is 2.07. The number of hydrogen-bond acceptors (Lipinski definition) is 4. The first-order valence-corrected chi connectivity index (χ1v) is 6.50. The zero-order valence-electron chi connectivity index (χ0n) is 8.18. The molecule has 2 aromatic heterocycles. The van der Waals surface area contributed by atoms with Crippen LogP contribution in [0.1, 0.15) is 16.1 Å². The molecule has 0 fully saturated rings. The summed E-state index contributed by atoms with van der Waals surface area (Å²) in [6, 6.07) is 5.48. The van der Waals surface area contributed by atoms with Gasteiger partial charge in [0.1, 0.15) is 0 Å². The van der Waals surface area contributed by atoms with Crippen molar-refractivity contribution in [1.82, 2.24) is 15.5 Å². The largest absolute Gasteiger partial charge is 0.346 e. The molecule has 6 heteroatoms. The van der Waals surface area contributed by atoms with Crippen molar-refractivity contribution in [2.24, 2.45) is 0 Å². The van der Waals surface area contributed by atoms with Gasteiger partial charge >= 0.3 is 0 Å². The Morgan fingerprint density at radius 2 is 2.44 bits per heavy atom. The Labute approximate surface area is 110 Å². The zero-order chi connectivity index (χ0) is 11.4. The average molecular weight is 345 g/mol. The van der Waals surface area contributed by atoms with Gasteiger partial charge in [-0.05, 0) is 40.8 Å². The maximum atomic E-state index is 11.7. The van der Waals surface area contributed by atoms with Gasteiger partial charge in [0.15, 0.2) is 0 Å². The predicted molar refractivity (Wildman–Crippen MR) is 70.2 cm³/mol. The van der Waals surface area contributed by atoms with Crippen LogP contribution < -0.4 is 5.32 Å². The summed E-state index contributed by atoms with van der Waals surface area (Å²) in [6.45, 7) is 0.402. The molecule has 1 amide bonds. The Hall–Kier alpha value is -1.02. The number of carbonyl (C=O) groups is 1. The van der Waals surface area contributed by atoms with Gasteiger partial charge in [0.25, 0.3) is 5.91 Å². The third kappa shape index (κ3) is 2.99. The molecular formula is C10H8IN3OS. The van der Waals surface area contributed by atoms with Gasteiger partial charge in [-0.2, -0.15) is 10.2 Å². The minimum atomic E-state index is -0.0789. The first-order chi connectivity index (χ1) is 7.75. The number of carbonyl (C=O) groups excluding carboxylic acids is 1. The van der Waals surface area contributed by atoms with Crippen molar-refractivity contribution in [3.05, 3.63) is 43.9 Å². The first kappa shape index (κ1) is 11.5. The number of nitrogens with zero attached hydrogens (tertiary/aromatic N) is 2. The summed E-state index contributed by atoms with van der Waals surface area (Å²) in [6.07, 6.45) is 1.60. The van der Waals surface area contributed by atoms with Gasteiger partial charge in [-0.25, -0.2) is 0 Å². The summed E-state index contributed by atoms with van der Waals surface area (Å²) in [5.41, 5.74) is 1.44. The highest BCUT2D eigenvalue weighted by atomic mass is 127. The molecule has 0 spiro atoms. The molecule has 2 rings (SSSR count). The second-order valence-corrected chi connectivity index (χ2v) is 5.84.